The Bertz CT molecular complexity index is 1230. The number of nitrogens with zero attached hydrogens (tertiary/aromatic N) is 2. The first kappa shape index (κ1) is 24.5. The van der Waals surface area contributed by atoms with Crippen LogP contribution in [0.2, 0.25) is 5.02 Å². The summed E-state index contributed by atoms with van der Waals surface area (Å²) in [7, 11) is 0. The molecule has 34 heavy (non-hydrogen) atoms. The van der Waals surface area contributed by atoms with Crippen LogP contribution in [0.15, 0.2) is 47.3 Å². The maximum Gasteiger partial charge on any atom is 0.511 e. The van der Waals surface area contributed by atoms with E-state index in [1.54, 1.807) is 25.1 Å². The number of nitrogens with one attached hydrogen (secondary N) is 1. The molecule has 0 saturated carbocycles. The fraction of sp³-hybridized carbons (Fsp3) is 0.227. The minimum Gasteiger partial charge on any atom is -0.458 e. The number of nitrogens with two attached hydrogens (primary N) is 1. The van der Waals surface area contributed by atoms with Gasteiger partial charge >= 0.3 is 12.1 Å². The highest BCUT2D eigenvalue weighted by atomic mass is 35.5. The van der Waals surface area contributed by atoms with Gasteiger partial charge in [0, 0.05) is 35.9 Å². The van der Waals surface area contributed by atoms with Crippen molar-refractivity contribution in [1.29, 1.82) is 0 Å². The average Bonchev–Trinajstić information content (AvgIpc) is 3.21. The third-order valence-corrected chi connectivity index (χ3v) is 4.51. The lowest BCUT2D eigenvalue weighted by molar-refractivity contribution is -0.115. The molecule has 2 heterocycles. The molecule has 1 amide bonds. The fourth-order valence-electron chi connectivity index (χ4n) is 2.89. The van der Waals surface area contributed by atoms with Gasteiger partial charge in [0.05, 0.1) is 18.7 Å². The second-order valence-corrected chi connectivity index (χ2v) is 7.13. The summed E-state index contributed by atoms with van der Waals surface area (Å²) in [6.07, 6.45) is 1.90. The van der Waals surface area contributed by atoms with E-state index in [-0.39, 0.29) is 40.7 Å². The molecular formula is C22H21ClN4O7. The number of benzene rings is 1. The number of hydrogen-bond acceptors (Lipinski definition) is 10. The number of fused-ring (bicyclic) bond motifs is 1. The fourth-order valence-corrected chi connectivity index (χ4v) is 3.11. The number of esters is 1. The molecule has 0 fully saturated rings. The van der Waals surface area contributed by atoms with Crippen LogP contribution in [0.4, 0.5) is 4.79 Å². The largest absolute Gasteiger partial charge is 0.511 e. The van der Waals surface area contributed by atoms with Gasteiger partial charge in [-0.15, -0.1) is 0 Å². The molecule has 0 bridgehead atoms. The van der Waals surface area contributed by atoms with E-state index in [1.807, 2.05) is 0 Å². The van der Waals surface area contributed by atoms with Crippen molar-refractivity contribution in [3.8, 4) is 0 Å². The summed E-state index contributed by atoms with van der Waals surface area (Å²) in [5.41, 5.74) is 5.84. The molecule has 3 aromatic rings. The lowest BCUT2D eigenvalue weighted by atomic mass is 10.1. The first-order chi connectivity index (χ1) is 16.3. The topological polar surface area (TPSA) is 156 Å². The van der Waals surface area contributed by atoms with Gasteiger partial charge < -0.3 is 29.7 Å². The predicted molar refractivity (Wildman–Crippen MR) is 120 cm³/mol. The number of rotatable bonds is 8. The zero-order chi connectivity index (χ0) is 24.7. The monoisotopic (exact) mass is 488 g/mol. The molecule has 178 valence electrons. The number of carbonyl (C=O) groups is 3. The molecular weight excluding hydrogens is 468 g/mol. The molecule has 12 heteroatoms. The first-order valence-corrected chi connectivity index (χ1v) is 10.4. The van der Waals surface area contributed by atoms with Crippen molar-refractivity contribution in [2.24, 2.45) is 5.73 Å². The number of amides is 1. The molecule has 0 aliphatic heterocycles. The van der Waals surface area contributed by atoms with Gasteiger partial charge in [0.25, 0.3) is 5.91 Å². The van der Waals surface area contributed by atoms with Gasteiger partial charge in [-0.25, -0.2) is 19.6 Å². The van der Waals surface area contributed by atoms with E-state index in [0.717, 1.165) is 6.20 Å². The molecule has 1 unspecified atom stereocenters. The van der Waals surface area contributed by atoms with Crippen LogP contribution in [-0.4, -0.2) is 40.9 Å². The highest BCUT2D eigenvalue weighted by molar-refractivity contribution is 6.32. The van der Waals surface area contributed by atoms with Crippen molar-refractivity contribution in [3.05, 3.63) is 65.0 Å². The molecule has 3 rings (SSSR count). The first-order valence-electron chi connectivity index (χ1n) is 10.1. The molecule has 2 aromatic heterocycles. The number of hydrogen-bond donors (Lipinski definition) is 2. The normalized spacial score (nSPS) is 12.1. The number of ether oxygens (including phenoxy) is 3. The van der Waals surface area contributed by atoms with E-state index in [2.05, 4.69) is 20.0 Å². The number of halogens is 1. The third-order valence-electron chi connectivity index (χ3n) is 4.29. The van der Waals surface area contributed by atoms with E-state index >= 15 is 0 Å². The summed E-state index contributed by atoms with van der Waals surface area (Å²) in [5.74, 6) is -0.843. The van der Waals surface area contributed by atoms with E-state index < -0.39 is 24.3 Å². The summed E-state index contributed by atoms with van der Waals surface area (Å²) in [6.45, 7) is 3.06. The molecule has 0 aliphatic rings. The molecule has 0 radical (unpaired) electrons. The van der Waals surface area contributed by atoms with Crippen molar-refractivity contribution in [1.82, 2.24) is 15.3 Å². The van der Waals surface area contributed by atoms with Crippen LogP contribution >= 0.6 is 11.6 Å². The molecule has 1 aromatic carbocycles. The Balaban J connectivity index is 1.74. The summed E-state index contributed by atoms with van der Waals surface area (Å²) in [5, 5.41) is 3.41. The number of aromatic nitrogens is 2. The molecule has 0 saturated heterocycles. The molecule has 3 N–H and O–H groups in total. The van der Waals surface area contributed by atoms with E-state index in [1.165, 1.54) is 25.4 Å². The average molecular weight is 489 g/mol. The highest BCUT2D eigenvalue weighted by Crippen LogP contribution is 2.28. The molecule has 0 spiro atoms. The van der Waals surface area contributed by atoms with Crippen LogP contribution in [-0.2, 0) is 25.5 Å². The third kappa shape index (κ3) is 6.01. The van der Waals surface area contributed by atoms with Gasteiger partial charge in [0.2, 0.25) is 6.29 Å². The van der Waals surface area contributed by atoms with Crippen LogP contribution in [0.5, 0.6) is 0 Å². The maximum absolute atomic E-state index is 12.6. The lowest BCUT2D eigenvalue weighted by Crippen LogP contribution is -2.25. The predicted octanol–water partition coefficient (Wildman–Crippen LogP) is 3.17. The minimum atomic E-state index is -1.21. The summed E-state index contributed by atoms with van der Waals surface area (Å²) >= 11 is 6.14. The quantitative estimate of drug-likeness (QED) is 0.274. The van der Waals surface area contributed by atoms with Crippen LogP contribution in [0.3, 0.4) is 0 Å². The van der Waals surface area contributed by atoms with Crippen molar-refractivity contribution < 1.29 is 33.0 Å². The second kappa shape index (κ2) is 11.1. The lowest BCUT2D eigenvalue weighted by Gasteiger charge is -2.13. The SMILES string of the molecule is CCOC(=O)OC(C)OC(=O)c1cc(Cl)cc2cc(CNC(=O)/C(=C/N)c3ncccn3)oc12. The van der Waals surface area contributed by atoms with Crippen LogP contribution in [0.1, 0.15) is 35.8 Å². The van der Waals surface area contributed by atoms with Crippen LogP contribution < -0.4 is 11.1 Å². The van der Waals surface area contributed by atoms with Gasteiger partial charge in [0.1, 0.15) is 16.9 Å². The minimum absolute atomic E-state index is 0.0135. The van der Waals surface area contributed by atoms with Gasteiger partial charge in [-0.05, 0) is 31.2 Å². The Morgan fingerprint density at radius 2 is 1.94 bits per heavy atom. The van der Waals surface area contributed by atoms with Crippen molar-refractivity contribution in [3.63, 3.8) is 0 Å². The van der Waals surface area contributed by atoms with Gasteiger partial charge in [-0.3, -0.25) is 4.79 Å². The highest BCUT2D eigenvalue weighted by Gasteiger charge is 2.22. The maximum atomic E-state index is 12.6. The van der Waals surface area contributed by atoms with E-state index in [0.29, 0.717) is 11.1 Å². The van der Waals surface area contributed by atoms with Crippen LogP contribution in [0.25, 0.3) is 16.5 Å². The number of furan rings is 1. The van der Waals surface area contributed by atoms with Crippen LogP contribution in [0, 0.1) is 0 Å². The standard InChI is InChI=1S/C22H21ClN4O7/c1-3-31-22(30)33-12(2)32-21(29)16-9-14(23)7-13-8-15(34-18(13)16)11-27-20(28)17(10-24)19-25-5-4-6-26-19/h4-10,12H,3,11,24H2,1-2H3,(H,27,28)/b17-10+. The van der Waals surface area contributed by atoms with Crippen molar-refractivity contribution >= 4 is 46.2 Å². The van der Waals surface area contributed by atoms with Gasteiger partial charge in [-0.2, -0.15) is 0 Å². The number of carbonyl (C=O) groups excluding carboxylic acids is 3. The van der Waals surface area contributed by atoms with Crippen molar-refractivity contribution in [2.45, 2.75) is 26.7 Å². The second-order valence-electron chi connectivity index (χ2n) is 6.69. The summed E-state index contributed by atoms with van der Waals surface area (Å²) in [4.78, 5) is 44.6. The Kier molecular flexibility index (Phi) is 8.04. The van der Waals surface area contributed by atoms with Crippen molar-refractivity contribution in [2.75, 3.05) is 6.61 Å². The Labute approximate surface area is 198 Å². The molecule has 1 atom stereocenters. The van der Waals surface area contributed by atoms with Gasteiger partial charge in [-0.1, -0.05) is 11.6 Å². The molecule has 0 aliphatic carbocycles. The summed E-state index contributed by atoms with van der Waals surface area (Å²) < 4.78 is 20.4. The smallest absolute Gasteiger partial charge is 0.458 e. The Hall–Kier alpha value is -4.12. The Morgan fingerprint density at radius 1 is 1.21 bits per heavy atom. The van der Waals surface area contributed by atoms with E-state index in [9.17, 15) is 14.4 Å². The Morgan fingerprint density at radius 3 is 2.62 bits per heavy atom. The summed E-state index contributed by atoms with van der Waals surface area (Å²) in [6, 6.07) is 6.17. The van der Waals surface area contributed by atoms with E-state index in [4.69, 9.17) is 31.2 Å². The zero-order valence-electron chi connectivity index (χ0n) is 18.2. The van der Waals surface area contributed by atoms with Gasteiger partial charge in [0.15, 0.2) is 5.82 Å². The molecule has 11 nitrogen and oxygen atoms in total. The zero-order valence-corrected chi connectivity index (χ0v) is 19.0.